The first-order chi connectivity index (χ1) is 13.3. The molecule has 0 fully saturated rings. The molecule has 2 aromatic carbocycles. The summed E-state index contributed by atoms with van der Waals surface area (Å²) < 4.78 is 1.87. The molecule has 0 radical (unpaired) electrons. The number of carbonyl (C=O) groups excluding carboxylic acids is 1. The Labute approximate surface area is 182 Å². The number of hydrogen-bond acceptors (Lipinski definition) is 4. The minimum absolute atomic E-state index is 0.236. The zero-order chi connectivity index (χ0) is 20.4. The summed E-state index contributed by atoms with van der Waals surface area (Å²) in [5.41, 5.74) is 3.65. The van der Waals surface area contributed by atoms with Gasteiger partial charge in [0.05, 0.1) is 31.7 Å². The van der Waals surface area contributed by atoms with E-state index < -0.39 is 5.25 Å². The van der Waals surface area contributed by atoms with E-state index in [1.807, 2.05) is 30.5 Å². The molecule has 3 aromatic rings. The van der Waals surface area contributed by atoms with Crippen molar-refractivity contribution in [3.63, 3.8) is 0 Å². The van der Waals surface area contributed by atoms with Crippen molar-refractivity contribution in [3.8, 4) is 5.69 Å². The van der Waals surface area contributed by atoms with Crippen molar-refractivity contribution in [1.29, 1.82) is 0 Å². The van der Waals surface area contributed by atoms with Gasteiger partial charge in [0.15, 0.2) is 5.16 Å². The van der Waals surface area contributed by atoms with Gasteiger partial charge >= 0.3 is 0 Å². The molecule has 9 heteroatoms. The molecule has 1 amide bonds. The maximum atomic E-state index is 12.6. The quantitative estimate of drug-likeness (QED) is 0.381. The van der Waals surface area contributed by atoms with E-state index in [-0.39, 0.29) is 5.91 Å². The molecule has 0 spiro atoms. The van der Waals surface area contributed by atoms with Crippen molar-refractivity contribution < 1.29 is 4.79 Å². The number of halogens is 3. The molecular weight excluding hydrogens is 439 g/mol. The fourth-order valence-corrected chi connectivity index (χ4v) is 4.04. The van der Waals surface area contributed by atoms with Crippen LogP contribution in [0.25, 0.3) is 5.69 Å². The standard InChI is InChI=1S/C19H17Cl3N4OS/c1-10-4-5-17(11(2)6-10)26-9-23-25-19(26)28-12(3)18(27)24-16-8-14(21)13(20)7-15(16)22/h4-9,12H,1-3H3,(H,24,27). The van der Waals surface area contributed by atoms with Gasteiger partial charge in [0.25, 0.3) is 0 Å². The lowest BCUT2D eigenvalue weighted by Crippen LogP contribution is -2.23. The molecule has 1 N–H and O–H groups in total. The molecule has 28 heavy (non-hydrogen) atoms. The highest BCUT2D eigenvalue weighted by Crippen LogP contribution is 2.33. The minimum atomic E-state index is -0.445. The molecule has 0 saturated heterocycles. The number of benzene rings is 2. The van der Waals surface area contributed by atoms with E-state index in [4.69, 9.17) is 34.8 Å². The van der Waals surface area contributed by atoms with Crippen LogP contribution >= 0.6 is 46.6 Å². The van der Waals surface area contributed by atoms with E-state index in [0.717, 1.165) is 11.3 Å². The van der Waals surface area contributed by atoms with Gasteiger partial charge in [0, 0.05) is 0 Å². The number of nitrogens with one attached hydrogen (secondary N) is 1. The topological polar surface area (TPSA) is 59.8 Å². The second-order valence-corrected chi connectivity index (χ2v) is 8.80. The van der Waals surface area contributed by atoms with Gasteiger partial charge in [-0.05, 0) is 44.5 Å². The van der Waals surface area contributed by atoms with Crippen LogP contribution in [0.15, 0.2) is 41.8 Å². The molecule has 1 atom stereocenters. The van der Waals surface area contributed by atoms with Crippen molar-refractivity contribution >= 4 is 58.2 Å². The van der Waals surface area contributed by atoms with Crippen LogP contribution in [0.5, 0.6) is 0 Å². The largest absolute Gasteiger partial charge is 0.324 e. The first-order valence-corrected chi connectivity index (χ1v) is 10.4. The van der Waals surface area contributed by atoms with Crippen LogP contribution in [0.2, 0.25) is 15.1 Å². The lowest BCUT2D eigenvalue weighted by Gasteiger charge is -2.15. The highest BCUT2D eigenvalue weighted by atomic mass is 35.5. The summed E-state index contributed by atoms with van der Waals surface area (Å²) in [6.07, 6.45) is 1.64. The fraction of sp³-hybridized carbons (Fsp3) is 0.211. The van der Waals surface area contributed by atoms with Gasteiger partial charge in [-0.15, -0.1) is 10.2 Å². The van der Waals surface area contributed by atoms with Gasteiger partial charge in [-0.3, -0.25) is 9.36 Å². The molecule has 1 aromatic heterocycles. The summed E-state index contributed by atoms with van der Waals surface area (Å²) >= 11 is 19.4. The molecule has 0 aliphatic carbocycles. The SMILES string of the molecule is Cc1ccc(-n2cnnc2SC(C)C(=O)Nc2cc(Cl)c(Cl)cc2Cl)c(C)c1. The minimum Gasteiger partial charge on any atom is -0.324 e. The predicted octanol–water partition coefficient (Wildman–Crippen LogP) is 5.96. The summed E-state index contributed by atoms with van der Waals surface area (Å²) in [6, 6.07) is 9.15. The van der Waals surface area contributed by atoms with Crippen molar-refractivity contribution in [2.75, 3.05) is 5.32 Å². The number of nitrogens with zero attached hydrogens (tertiary/aromatic N) is 3. The number of anilines is 1. The first kappa shape index (κ1) is 21.0. The van der Waals surface area contributed by atoms with Crippen molar-refractivity contribution in [3.05, 3.63) is 62.9 Å². The monoisotopic (exact) mass is 454 g/mol. The van der Waals surface area contributed by atoms with Crippen LogP contribution in [0.1, 0.15) is 18.1 Å². The third-order valence-electron chi connectivity index (χ3n) is 4.05. The van der Waals surface area contributed by atoms with E-state index >= 15 is 0 Å². The zero-order valence-electron chi connectivity index (χ0n) is 15.3. The second-order valence-electron chi connectivity index (χ2n) is 6.27. The molecule has 0 bridgehead atoms. The van der Waals surface area contributed by atoms with Crippen molar-refractivity contribution in [2.45, 2.75) is 31.2 Å². The van der Waals surface area contributed by atoms with E-state index in [0.29, 0.717) is 25.9 Å². The average molecular weight is 456 g/mol. The third kappa shape index (κ3) is 4.63. The Bertz CT molecular complexity index is 1040. The van der Waals surface area contributed by atoms with Gasteiger partial charge in [-0.2, -0.15) is 0 Å². The van der Waals surface area contributed by atoms with Crippen LogP contribution in [-0.2, 0) is 4.79 Å². The molecule has 1 heterocycles. The van der Waals surface area contributed by atoms with Gasteiger partial charge in [-0.25, -0.2) is 0 Å². The molecule has 1 unspecified atom stereocenters. The molecular formula is C19H17Cl3N4OS. The van der Waals surface area contributed by atoms with Crippen LogP contribution in [0, 0.1) is 13.8 Å². The maximum absolute atomic E-state index is 12.6. The van der Waals surface area contributed by atoms with Crippen LogP contribution < -0.4 is 5.32 Å². The van der Waals surface area contributed by atoms with E-state index in [1.165, 1.54) is 29.5 Å². The zero-order valence-corrected chi connectivity index (χ0v) is 18.4. The molecule has 146 valence electrons. The lowest BCUT2D eigenvalue weighted by atomic mass is 10.1. The number of carbonyl (C=O) groups is 1. The number of thioether (sulfide) groups is 1. The number of hydrogen-bond donors (Lipinski definition) is 1. The van der Waals surface area contributed by atoms with Crippen LogP contribution in [-0.4, -0.2) is 25.9 Å². The Morgan fingerprint density at radius 3 is 2.54 bits per heavy atom. The fourth-order valence-electron chi connectivity index (χ4n) is 2.61. The van der Waals surface area contributed by atoms with Gasteiger partial charge in [0.2, 0.25) is 5.91 Å². The average Bonchev–Trinajstić information content (AvgIpc) is 3.07. The van der Waals surface area contributed by atoms with Crippen molar-refractivity contribution in [2.24, 2.45) is 0 Å². The van der Waals surface area contributed by atoms with Crippen LogP contribution in [0.3, 0.4) is 0 Å². The lowest BCUT2D eigenvalue weighted by molar-refractivity contribution is -0.115. The Morgan fingerprint density at radius 1 is 1.11 bits per heavy atom. The van der Waals surface area contributed by atoms with Gasteiger partial charge in [0.1, 0.15) is 6.33 Å². The third-order valence-corrected chi connectivity index (χ3v) is 6.14. The highest BCUT2D eigenvalue weighted by molar-refractivity contribution is 8.00. The summed E-state index contributed by atoms with van der Waals surface area (Å²) in [5.74, 6) is -0.236. The Hall–Kier alpha value is -1.73. The molecule has 5 nitrogen and oxygen atoms in total. The summed E-state index contributed by atoms with van der Waals surface area (Å²) in [7, 11) is 0. The maximum Gasteiger partial charge on any atom is 0.237 e. The summed E-state index contributed by atoms with van der Waals surface area (Å²) in [4.78, 5) is 12.6. The van der Waals surface area contributed by atoms with Gasteiger partial charge in [-0.1, -0.05) is 64.3 Å². The molecule has 0 saturated carbocycles. The van der Waals surface area contributed by atoms with E-state index in [2.05, 4.69) is 21.6 Å². The number of aryl methyl sites for hydroxylation is 2. The van der Waals surface area contributed by atoms with E-state index in [9.17, 15) is 4.79 Å². The number of rotatable bonds is 5. The van der Waals surface area contributed by atoms with E-state index in [1.54, 1.807) is 13.3 Å². The number of aromatic nitrogens is 3. The predicted molar refractivity (Wildman–Crippen MR) is 116 cm³/mol. The molecule has 0 aliphatic heterocycles. The molecule has 3 rings (SSSR count). The van der Waals surface area contributed by atoms with Crippen LogP contribution in [0.4, 0.5) is 5.69 Å². The number of amides is 1. The highest BCUT2D eigenvalue weighted by Gasteiger charge is 2.20. The molecule has 0 aliphatic rings. The summed E-state index contributed by atoms with van der Waals surface area (Å²) in [6.45, 7) is 5.85. The Balaban J connectivity index is 1.77. The Kier molecular flexibility index (Phi) is 6.55. The van der Waals surface area contributed by atoms with Gasteiger partial charge < -0.3 is 5.32 Å². The Morgan fingerprint density at radius 2 is 1.82 bits per heavy atom. The normalized spacial score (nSPS) is 12.1. The first-order valence-electron chi connectivity index (χ1n) is 8.36. The summed E-state index contributed by atoms with van der Waals surface area (Å²) in [5, 5.41) is 12.1. The second kappa shape index (κ2) is 8.74. The van der Waals surface area contributed by atoms with Crippen molar-refractivity contribution in [1.82, 2.24) is 14.8 Å². The smallest absolute Gasteiger partial charge is 0.237 e.